The molecule has 0 N–H and O–H groups in total. The van der Waals surface area contributed by atoms with Crippen molar-refractivity contribution in [2.75, 3.05) is 0 Å². The Morgan fingerprint density at radius 2 is 1.00 bits per heavy atom. The van der Waals surface area contributed by atoms with E-state index in [2.05, 4.69) is 20.8 Å². The average molecular weight is 304 g/mol. The van der Waals surface area contributed by atoms with Crippen LogP contribution in [0.4, 0.5) is 0 Å². The van der Waals surface area contributed by atoms with Crippen LogP contribution in [0.2, 0.25) is 13.3 Å². The minimum atomic E-state index is -0.860. The van der Waals surface area contributed by atoms with Gasteiger partial charge in [0.2, 0.25) is 0 Å². The van der Waals surface area contributed by atoms with Gasteiger partial charge in [-0.2, -0.15) is 0 Å². The molecular weight excluding hydrogens is 275 g/mol. The predicted molar refractivity (Wildman–Crippen MR) is 69.5 cm³/mol. The van der Waals surface area contributed by atoms with Gasteiger partial charge in [-0.3, -0.25) is 0 Å². The molecule has 1 heteroatoms. The molecule has 0 rings (SSSR count). The molecule has 0 fully saturated rings. The van der Waals surface area contributed by atoms with Crippen molar-refractivity contribution in [1.82, 2.24) is 0 Å². The maximum atomic E-state index is 2.34. The normalized spacial score (nSPS) is 11.1. The average Bonchev–Trinajstić information content (AvgIpc) is 2.21. The van der Waals surface area contributed by atoms with Crippen LogP contribution < -0.4 is 0 Å². The van der Waals surface area contributed by atoms with Crippen LogP contribution in [-0.2, 0) is 0 Å². The summed E-state index contributed by atoms with van der Waals surface area (Å²) in [5.41, 5.74) is 0. The molecular formula is C13H29Sn. The Bertz CT molecular complexity index is 93.4. The molecule has 0 amide bonds. The third-order valence-corrected chi connectivity index (χ3v) is 12.0. The van der Waals surface area contributed by atoms with Gasteiger partial charge >= 0.3 is 98.8 Å². The van der Waals surface area contributed by atoms with Crippen molar-refractivity contribution < 1.29 is 0 Å². The number of unbranched alkanes of at least 4 members (excludes halogenated alkanes) is 4. The van der Waals surface area contributed by atoms with E-state index in [0.717, 1.165) is 0 Å². The fraction of sp³-hybridized carbons (Fsp3) is 1.00. The summed E-state index contributed by atoms with van der Waals surface area (Å²) in [7, 11) is 0. The van der Waals surface area contributed by atoms with E-state index < -0.39 is 19.8 Å². The van der Waals surface area contributed by atoms with Crippen LogP contribution in [0.15, 0.2) is 0 Å². The first kappa shape index (κ1) is 14.8. The molecule has 85 valence electrons. The van der Waals surface area contributed by atoms with E-state index in [-0.39, 0.29) is 0 Å². The monoisotopic (exact) mass is 305 g/mol. The Kier molecular flexibility index (Phi) is 12.5. The molecule has 0 aromatic heterocycles. The molecule has 0 nitrogen and oxygen atoms in total. The van der Waals surface area contributed by atoms with Crippen molar-refractivity contribution in [1.29, 1.82) is 0 Å². The van der Waals surface area contributed by atoms with Crippen molar-refractivity contribution >= 4 is 19.8 Å². The third kappa shape index (κ3) is 9.36. The second-order valence-electron chi connectivity index (χ2n) is 4.41. The first-order chi connectivity index (χ1) is 6.85. The zero-order valence-electron chi connectivity index (χ0n) is 10.6. The van der Waals surface area contributed by atoms with Crippen LogP contribution in [0.25, 0.3) is 0 Å². The van der Waals surface area contributed by atoms with Crippen molar-refractivity contribution in [3.8, 4) is 0 Å². The van der Waals surface area contributed by atoms with Gasteiger partial charge in [0.05, 0.1) is 0 Å². The molecule has 0 aliphatic rings. The number of rotatable bonds is 10. The summed E-state index contributed by atoms with van der Waals surface area (Å²) in [4.78, 5) is 0. The summed E-state index contributed by atoms with van der Waals surface area (Å²) < 4.78 is 5.06. The second kappa shape index (κ2) is 11.9. The van der Waals surface area contributed by atoms with Gasteiger partial charge in [-0.1, -0.05) is 0 Å². The van der Waals surface area contributed by atoms with E-state index in [1.165, 1.54) is 38.5 Å². The van der Waals surface area contributed by atoms with Gasteiger partial charge in [-0.15, -0.1) is 0 Å². The standard InChI is InChI=1S/C5H11.2C4H9.Sn/c1-3-5-4-2;2*1-3-4-2;/h1,3-5H2,2H3;2*1,3-4H2,2H3;. The van der Waals surface area contributed by atoms with Crippen molar-refractivity contribution in [2.45, 2.75) is 79.0 Å². The van der Waals surface area contributed by atoms with Crippen LogP contribution in [0.5, 0.6) is 0 Å². The Labute approximate surface area is 98.6 Å². The molecule has 0 atom stereocenters. The summed E-state index contributed by atoms with van der Waals surface area (Å²) in [6.45, 7) is 7.00. The second-order valence-corrected chi connectivity index (χ2v) is 13.0. The summed E-state index contributed by atoms with van der Waals surface area (Å²) in [5, 5.41) is 0. The van der Waals surface area contributed by atoms with E-state index in [4.69, 9.17) is 0 Å². The van der Waals surface area contributed by atoms with Crippen LogP contribution in [0.3, 0.4) is 0 Å². The molecule has 0 saturated carbocycles. The van der Waals surface area contributed by atoms with Gasteiger partial charge < -0.3 is 0 Å². The number of hydrogen-bond acceptors (Lipinski definition) is 0. The zero-order valence-corrected chi connectivity index (χ0v) is 13.4. The Morgan fingerprint density at radius 1 is 0.571 bits per heavy atom. The van der Waals surface area contributed by atoms with Crippen LogP contribution >= 0.6 is 0 Å². The molecule has 0 aromatic carbocycles. The van der Waals surface area contributed by atoms with Crippen molar-refractivity contribution in [3.05, 3.63) is 0 Å². The van der Waals surface area contributed by atoms with E-state index in [1.807, 2.05) is 0 Å². The predicted octanol–water partition coefficient (Wildman–Crippen LogP) is 5.27. The van der Waals surface area contributed by atoms with E-state index in [0.29, 0.717) is 0 Å². The van der Waals surface area contributed by atoms with Gasteiger partial charge in [-0.05, 0) is 0 Å². The van der Waals surface area contributed by atoms with Gasteiger partial charge in [-0.25, -0.2) is 0 Å². The molecule has 14 heavy (non-hydrogen) atoms. The first-order valence-corrected chi connectivity index (χ1v) is 12.7. The molecule has 0 bridgehead atoms. The number of hydrogen-bond donors (Lipinski definition) is 0. The topological polar surface area (TPSA) is 0 Å². The van der Waals surface area contributed by atoms with Crippen molar-refractivity contribution in [3.63, 3.8) is 0 Å². The van der Waals surface area contributed by atoms with Crippen LogP contribution in [0.1, 0.15) is 65.7 Å². The summed E-state index contributed by atoms with van der Waals surface area (Å²) >= 11 is -0.860. The summed E-state index contributed by atoms with van der Waals surface area (Å²) in [6.07, 6.45) is 10.3. The molecule has 0 spiro atoms. The van der Waals surface area contributed by atoms with Crippen LogP contribution in [-0.4, -0.2) is 19.8 Å². The summed E-state index contributed by atoms with van der Waals surface area (Å²) in [6, 6.07) is 0. The van der Waals surface area contributed by atoms with Gasteiger partial charge in [0.15, 0.2) is 0 Å². The fourth-order valence-electron chi connectivity index (χ4n) is 1.85. The van der Waals surface area contributed by atoms with Gasteiger partial charge in [0, 0.05) is 0 Å². The molecule has 0 aliphatic heterocycles. The van der Waals surface area contributed by atoms with Crippen LogP contribution in [0, 0.1) is 0 Å². The van der Waals surface area contributed by atoms with Gasteiger partial charge in [0.1, 0.15) is 0 Å². The maximum absolute atomic E-state index is 2.34. The zero-order chi connectivity index (χ0) is 10.6. The molecule has 0 unspecified atom stereocenters. The summed E-state index contributed by atoms with van der Waals surface area (Å²) in [5.74, 6) is 0. The molecule has 0 heterocycles. The Hall–Kier alpha value is 0.799. The first-order valence-electron chi connectivity index (χ1n) is 6.68. The minimum absolute atomic E-state index is 0.860. The SMILES string of the molecule is CCCC[CH2][Sn]([CH2]CCC)[CH2]CCC. The molecule has 0 aliphatic carbocycles. The Morgan fingerprint density at radius 3 is 1.43 bits per heavy atom. The Balaban J connectivity index is 3.49. The fourth-order valence-corrected chi connectivity index (χ4v) is 11.0. The molecule has 1 radical (unpaired) electrons. The molecule has 0 saturated heterocycles. The van der Waals surface area contributed by atoms with Crippen molar-refractivity contribution in [2.24, 2.45) is 0 Å². The third-order valence-electron chi connectivity index (χ3n) is 2.90. The van der Waals surface area contributed by atoms with Gasteiger partial charge in [0.25, 0.3) is 0 Å². The van der Waals surface area contributed by atoms with E-state index in [9.17, 15) is 0 Å². The molecule has 0 aromatic rings. The van der Waals surface area contributed by atoms with E-state index in [1.54, 1.807) is 19.7 Å². The quantitative estimate of drug-likeness (QED) is 0.381. The van der Waals surface area contributed by atoms with E-state index >= 15 is 0 Å².